The second-order valence-corrected chi connectivity index (χ2v) is 4.51. The summed E-state index contributed by atoms with van der Waals surface area (Å²) in [6.07, 6.45) is 4.95. The van der Waals surface area contributed by atoms with Crippen molar-refractivity contribution in [2.24, 2.45) is 0 Å². The zero-order valence-corrected chi connectivity index (χ0v) is 11.0. The van der Waals surface area contributed by atoms with Crippen molar-refractivity contribution in [2.75, 3.05) is 0 Å². The molecule has 0 aliphatic rings. The van der Waals surface area contributed by atoms with Crippen LogP contribution in [0.15, 0.2) is 36.8 Å². The molecule has 96 valence electrons. The van der Waals surface area contributed by atoms with Crippen LogP contribution >= 0.6 is 0 Å². The fraction of sp³-hybridized carbons (Fsp3) is 0.400. The van der Waals surface area contributed by atoms with E-state index < -0.39 is 6.10 Å². The second kappa shape index (κ2) is 5.83. The summed E-state index contributed by atoms with van der Waals surface area (Å²) in [6, 6.07) is 8.11. The molecule has 0 radical (unpaired) electrons. The molecular formula is C15H20N2O. The summed E-state index contributed by atoms with van der Waals surface area (Å²) in [6.45, 7) is 5.13. The molecule has 0 amide bonds. The van der Waals surface area contributed by atoms with Crippen molar-refractivity contribution in [3.8, 4) is 0 Å². The average molecular weight is 244 g/mol. The first-order valence-corrected chi connectivity index (χ1v) is 6.53. The van der Waals surface area contributed by atoms with E-state index in [4.69, 9.17) is 0 Å². The SMILES string of the molecule is CCCn1cncc1C(O)c1cccc(CC)c1. The standard InChI is InChI=1S/C15H20N2O/c1-3-8-17-11-16-10-14(17)15(18)13-7-5-6-12(4-2)9-13/h5-7,9-11,15,18H,3-4,8H2,1-2H3. The maximum Gasteiger partial charge on any atom is 0.121 e. The summed E-state index contributed by atoms with van der Waals surface area (Å²) in [5.74, 6) is 0. The third-order valence-corrected chi connectivity index (χ3v) is 3.16. The minimum Gasteiger partial charge on any atom is -0.382 e. The molecule has 1 heterocycles. The number of hydrogen-bond donors (Lipinski definition) is 1. The molecule has 0 saturated heterocycles. The zero-order valence-electron chi connectivity index (χ0n) is 11.0. The summed E-state index contributed by atoms with van der Waals surface area (Å²) < 4.78 is 2.02. The quantitative estimate of drug-likeness (QED) is 0.878. The van der Waals surface area contributed by atoms with Gasteiger partial charge in [-0.2, -0.15) is 0 Å². The number of rotatable bonds is 5. The van der Waals surface area contributed by atoms with Gasteiger partial charge in [-0.1, -0.05) is 38.1 Å². The Bertz CT molecular complexity index is 505. The first kappa shape index (κ1) is 12.8. The van der Waals surface area contributed by atoms with Gasteiger partial charge in [-0.15, -0.1) is 0 Å². The van der Waals surface area contributed by atoms with Crippen molar-refractivity contribution in [2.45, 2.75) is 39.3 Å². The maximum absolute atomic E-state index is 10.4. The van der Waals surface area contributed by atoms with Gasteiger partial charge in [0.05, 0.1) is 18.2 Å². The van der Waals surface area contributed by atoms with Gasteiger partial charge in [0.25, 0.3) is 0 Å². The lowest BCUT2D eigenvalue weighted by molar-refractivity contribution is 0.209. The molecule has 1 aromatic carbocycles. The molecule has 0 bridgehead atoms. The highest BCUT2D eigenvalue weighted by Gasteiger charge is 2.14. The van der Waals surface area contributed by atoms with Gasteiger partial charge in [0.15, 0.2) is 0 Å². The fourth-order valence-electron chi connectivity index (χ4n) is 2.14. The predicted octanol–water partition coefficient (Wildman–Crippen LogP) is 2.94. The molecule has 1 atom stereocenters. The van der Waals surface area contributed by atoms with Crippen LogP contribution in [0.3, 0.4) is 0 Å². The zero-order chi connectivity index (χ0) is 13.0. The number of aryl methyl sites for hydroxylation is 2. The molecule has 0 fully saturated rings. The molecule has 0 aliphatic heterocycles. The van der Waals surface area contributed by atoms with Crippen molar-refractivity contribution in [3.63, 3.8) is 0 Å². The Kier molecular flexibility index (Phi) is 4.15. The molecule has 2 aromatic rings. The van der Waals surface area contributed by atoms with Crippen LogP contribution in [0.4, 0.5) is 0 Å². The molecular weight excluding hydrogens is 224 g/mol. The molecule has 1 aromatic heterocycles. The van der Waals surface area contributed by atoms with E-state index in [1.165, 1.54) is 5.56 Å². The van der Waals surface area contributed by atoms with Crippen LogP contribution < -0.4 is 0 Å². The summed E-state index contributed by atoms with van der Waals surface area (Å²) in [5.41, 5.74) is 3.05. The Labute approximate surface area is 108 Å². The molecule has 0 saturated carbocycles. The van der Waals surface area contributed by atoms with Crippen molar-refractivity contribution >= 4 is 0 Å². The Hall–Kier alpha value is -1.61. The summed E-state index contributed by atoms with van der Waals surface area (Å²) >= 11 is 0. The van der Waals surface area contributed by atoms with Crippen LogP contribution in [0.25, 0.3) is 0 Å². The van der Waals surface area contributed by atoms with Crippen molar-refractivity contribution < 1.29 is 5.11 Å². The third-order valence-electron chi connectivity index (χ3n) is 3.16. The number of aliphatic hydroxyl groups excluding tert-OH is 1. The van der Waals surface area contributed by atoms with Gasteiger partial charge < -0.3 is 9.67 Å². The lowest BCUT2D eigenvalue weighted by Gasteiger charge is -2.14. The van der Waals surface area contributed by atoms with E-state index >= 15 is 0 Å². The largest absolute Gasteiger partial charge is 0.382 e. The van der Waals surface area contributed by atoms with E-state index in [9.17, 15) is 5.11 Å². The highest BCUT2D eigenvalue weighted by atomic mass is 16.3. The second-order valence-electron chi connectivity index (χ2n) is 4.51. The number of hydrogen-bond acceptors (Lipinski definition) is 2. The Morgan fingerprint density at radius 1 is 1.33 bits per heavy atom. The molecule has 0 spiro atoms. The van der Waals surface area contributed by atoms with Crippen molar-refractivity contribution in [1.29, 1.82) is 0 Å². The van der Waals surface area contributed by atoms with Gasteiger partial charge in [-0.3, -0.25) is 0 Å². The maximum atomic E-state index is 10.4. The first-order valence-electron chi connectivity index (χ1n) is 6.53. The number of benzene rings is 1. The Morgan fingerprint density at radius 3 is 2.89 bits per heavy atom. The molecule has 2 rings (SSSR count). The smallest absolute Gasteiger partial charge is 0.121 e. The van der Waals surface area contributed by atoms with Gasteiger partial charge >= 0.3 is 0 Å². The normalized spacial score (nSPS) is 12.6. The van der Waals surface area contributed by atoms with E-state index in [0.717, 1.165) is 30.6 Å². The topological polar surface area (TPSA) is 38.0 Å². The molecule has 18 heavy (non-hydrogen) atoms. The van der Waals surface area contributed by atoms with Gasteiger partial charge in [-0.25, -0.2) is 4.98 Å². The van der Waals surface area contributed by atoms with E-state index in [2.05, 4.69) is 31.0 Å². The molecule has 3 heteroatoms. The lowest BCUT2D eigenvalue weighted by atomic mass is 10.0. The number of aliphatic hydroxyl groups is 1. The summed E-state index contributed by atoms with van der Waals surface area (Å²) in [5, 5.41) is 10.4. The first-order chi connectivity index (χ1) is 8.76. The van der Waals surface area contributed by atoms with Crippen LogP contribution in [-0.2, 0) is 13.0 Å². The van der Waals surface area contributed by atoms with Crippen molar-refractivity contribution in [3.05, 3.63) is 53.6 Å². The molecule has 1 N–H and O–H groups in total. The van der Waals surface area contributed by atoms with Crippen LogP contribution in [0.5, 0.6) is 0 Å². The molecule has 0 aliphatic carbocycles. The van der Waals surface area contributed by atoms with Gasteiger partial charge in [0, 0.05) is 6.54 Å². The van der Waals surface area contributed by atoms with E-state index in [1.54, 1.807) is 12.5 Å². The van der Waals surface area contributed by atoms with E-state index in [1.807, 2.05) is 16.7 Å². The molecule has 3 nitrogen and oxygen atoms in total. The monoisotopic (exact) mass is 244 g/mol. The van der Waals surface area contributed by atoms with Crippen LogP contribution in [0, 0.1) is 0 Å². The van der Waals surface area contributed by atoms with Crippen LogP contribution in [0.1, 0.15) is 43.2 Å². The highest BCUT2D eigenvalue weighted by molar-refractivity contribution is 5.29. The highest BCUT2D eigenvalue weighted by Crippen LogP contribution is 2.22. The Balaban J connectivity index is 2.29. The fourth-order valence-corrected chi connectivity index (χ4v) is 2.14. The van der Waals surface area contributed by atoms with Gasteiger partial charge in [-0.05, 0) is 24.0 Å². The van der Waals surface area contributed by atoms with E-state index in [-0.39, 0.29) is 0 Å². The summed E-state index contributed by atoms with van der Waals surface area (Å²) in [7, 11) is 0. The third kappa shape index (κ3) is 2.62. The number of nitrogens with zero attached hydrogens (tertiary/aromatic N) is 2. The van der Waals surface area contributed by atoms with Gasteiger partial charge in [0.2, 0.25) is 0 Å². The number of imidazole rings is 1. The minimum absolute atomic E-state index is 0.592. The molecule has 1 unspecified atom stereocenters. The van der Waals surface area contributed by atoms with Crippen LogP contribution in [0.2, 0.25) is 0 Å². The van der Waals surface area contributed by atoms with E-state index in [0.29, 0.717) is 0 Å². The Morgan fingerprint density at radius 2 is 2.17 bits per heavy atom. The number of aromatic nitrogens is 2. The average Bonchev–Trinajstić information content (AvgIpc) is 2.86. The van der Waals surface area contributed by atoms with Crippen molar-refractivity contribution in [1.82, 2.24) is 9.55 Å². The van der Waals surface area contributed by atoms with Gasteiger partial charge in [0.1, 0.15) is 6.10 Å². The predicted molar refractivity (Wildman–Crippen MR) is 72.4 cm³/mol. The summed E-state index contributed by atoms with van der Waals surface area (Å²) in [4.78, 5) is 4.13. The van der Waals surface area contributed by atoms with Crippen LogP contribution in [-0.4, -0.2) is 14.7 Å². The minimum atomic E-state index is -0.592. The lowest BCUT2D eigenvalue weighted by Crippen LogP contribution is -2.08.